The lowest BCUT2D eigenvalue weighted by molar-refractivity contribution is -0.115. The van der Waals surface area contributed by atoms with E-state index in [1.807, 2.05) is 37.4 Å². The van der Waals surface area contributed by atoms with Crippen molar-refractivity contribution in [3.05, 3.63) is 63.1 Å². The van der Waals surface area contributed by atoms with Crippen LogP contribution in [0.15, 0.2) is 40.1 Å². The topological polar surface area (TPSA) is 46.1 Å². The number of thioether (sulfide) groups is 1. The Balaban J connectivity index is 1.56. The minimum Gasteiger partial charge on any atom is -0.274 e. The van der Waals surface area contributed by atoms with Gasteiger partial charge in [-0.25, -0.2) is 9.97 Å². The van der Waals surface area contributed by atoms with E-state index >= 15 is 0 Å². The van der Waals surface area contributed by atoms with Crippen molar-refractivity contribution in [1.29, 1.82) is 0 Å². The van der Waals surface area contributed by atoms with E-state index in [1.165, 1.54) is 16.9 Å². The first kappa shape index (κ1) is 21.3. The molecule has 1 amide bonds. The summed E-state index contributed by atoms with van der Waals surface area (Å²) in [6.45, 7) is 7.72. The zero-order valence-corrected chi connectivity index (χ0v) is 20.2. The molecule has 2 aromatic heterocycles. The molecule has 0 aliphatic heterocycles. The summed E-state index contributed by atoms with van der Waals surface area (Å²) in [5.74, 6) is 0.656. The summed E-state index contributed by atoms with van der Waals surface area (Å²) < 4.78 is 2.10. The van der Waals surface area contributed by atoms with Crippen LogP contribution in [0.5, 0.6) is 0 Å². The molecule has 30 heavy (non-hydrogen) atoms. The lowest BCUT2D eigenvalue weighted by Gasteiger charge is -2.23. The molecule has 0 aliphatic rings. The molecular weight excluding hydrogens is 454 g/mol. The molecule has 4 nitrogen and oxygen atoms in total. The molecule has 0 atom stereocenters. The number of carbonyl (C=O) groups excluding carboxylic acids is 1. The van der Waals surface area contributed by atoms with E-state index in [0.29, 0.717) is 15.9 Å². The number of fused-ring (bicyclic) bond motifs is 1. The molecule has 0 saturated carbocycles. The van der Waals surface area contributed by atoms with Crippen molar-refractivity contribution < 1.29 is 4.79 Å². The molecule has 4 rings (SSSR count). The average Bonchev–Trinajstić information content (AvgIpc) is 3.28. The van der Waals surface area contributed by atoms with Crippen molar-refractivity contribution in [3.63, 3.8) is 0 Å². The SMILES string of the molecule is CC(=O)N(c1nc(CSc2nc3cc(Cl)ccc3s2)cs1)c1c(C)cc(C)cc1C. The maximum absolute atomic E-state index is 12.5. The van der Waals surface area contributed by atoms with E-state index in [4.69, 9.17) is 16.6 Å². The van der Waals surface area contributed by atoms with E-state index in [2.05, 4.69) is 24.0 Å². The minimum absolute atomic E-state index is 0.0401. The van der Waals surface area contributed by atoms with E-state index in [-0.39, 0.29) is 5.91 Å². The van der Waals surface area contributed by atoms with Crippen LogP contribution in [-0.2, 0) is 10.5 Å². The van der Waals surface area contributed by atoms with Crippen molar-refractivity contribution in [3.8, 4) is 0 Å². The quantitative estimate of drug-likeness (QED) is 0.285. The number of hydrogen-bond acceptors (Lipinski definition) is 6. The fraction of sp³-hybridized carbons (Fsp3) is 0.227. The molecule has 0 unspecified atom stereocenters. The van der Waals surface area contributed by atoms with Crippen molar-refractivity contribution >= 4 is 73.0 Å². The van der Waals surface area contributed by atoms with Crippen molar-refractivity contribution in [2.75, 3.05) is 4.90 Å². The standard InChI is InChI=1S/C22H20ClN3OS3/c1-12-7-13(2)20(14(3)8-12)26(15(4)27)21-24-17(10-28-21)11-29-22-25-18-9-16(23)5-6-19(18)30-22/h5-10H,11H2,1-4H3. The third-order valence-electron chi connectivity index (χ3n) is 4.58. The number of benzene rings is 2. The van der Waals surface area contributed by atoms with Crippen LogP contribution in [0.4, 0.5) is 10.8 Å². The largest absolute Gasteiger partial charge is 0.274 e. The maximum atomic E-state index is 12.5. The highest BCUT2D eigenvalue weighted by Gasteiger charge is 2.22. The number of aryl methyl sites for hydroxylation is 3. The van der Waals surface area contributed by atoms with Gasteiger partial charge in [0.2, 0.25) is 5.91 Å². The molecule has 0 radical (unpaired) electrons. The molecule has 2 aromatic carbocycles. The van der Waals surface area contributed by atoms with Crippen LogP contribution in [0.1, 0.15) is 29.3 Å². The highest BCUT2D eigenvalue weighted by Crippen LogP contribution is 2.37. The van der Waals surface area contributed by atoms with Gasteiger partial charge in [-0.3, -0.25) is 9.69 Å². The molecule has 0 spiro atoms. The van der Waals surface area contributed by atoms with Crippen LogP contribution in [0, 0.1) is 20.8 Å². The molecule has 154 valence electrons. The second kappa shape index (κ2) is 8.67. The Bertz CT molecular complexity index is 1220. The van der Waals surface area contributed by atoms with Gasteiger partial charge in [0.05, 0.1) is 21.6 Å². The van der Waals surface area contributed by atoms with Crippen molar-refractivity contribution in [1.82, 2.24) is 9.97 Å². The second-order valence-corrected chi connectivity index (χ2v) is 10.6. The van der Waals surface area contributed by atoms with E-state index in [1.54, 1.807) is 34.9 Å². The predicted octanol–water partition coefficient (Wildman–Crippen LogP) is 7.31. The summed E-state index contributed by atoms with van der Waals surface area (Å²) in [6.07, 6.45) is 0. The van der Waals surface area contributed by atoms with Gasteiger partial charge in [-0.05, 0) is 50.1 Å². The normalized spacial score (nSPS) is 11.2. The number of amides is 1. The Hall–Kier alpha value is -1.93. The van der Waals surface area contributed by atoms with Gasteiger partial charge in [0.1, 0.15) is 0 Å². The molecule has 0 N–H and O–H groups in total. The van der Waals surface area contributed by atoms with Crippen LogP contribution < -0.4 is 4.90 Å². The van der Waals surface area contributed by atoms with Crippen molar-refractivity contribution in [2.45, 2.75) is 37.8 Å². The number of anilines is 2. The number of carbonyl (C=O) groups is 1. The zero-order valence-electron chi connectivity index (χ0n) is 17.0. The Morgan fingerprint density at radius 2 is 1.87 bits per heavy atom. The predicted molar refractivity (Wildman–Crippen MR) is 130 cm³/mol. The monoisotopic (exact) mass is 473 g/mol. The van der Waals surface area contributed by atoms with Crippen LogP contribution >= 0.6 is 46.0 Å². The van der Waals surface area contributed by atoms with Gasteiger partial charge in [0.15, 0.2) is 9.47 Å². The minimum atomic E-state index is -0.0401. The Morgan fingerprint density at radius 1 is 1.13 bits per heavy atom. The molecular formula is C22H20ClN3OS3. The highest BCUT2D eigenvalue weighted by atomic mass is 35.5. The average molecular weight is 474 g/mol. The Kier molecular flexibility index (Phi) is 6.16. The van der Waals surface area contributed by atoms with Gasteiger partial charge in [-0.15, -0.1) is 22.7 Å². The highest BCUT2D eigenvalue weighted by molar-refractivity contribution is 8.00. The van der Waals surface area contributed by atoms with Gasteiger partial charge in [-0.1, -0.05) is 41.1 Å². The smallest absolute Gasteiger partial charge is 0.230 e. The Labute approximate surface area is 192 Å². The first-order valence-electron chi connectivity index (χ1n) is 9.33. The van der Waals surface area contributed by atoms with E-state index in [0.717, 1.165) is 37.1 Å². The number of halogens is 1. The first-order chi connectivity index (χ1) is 14.3. The molecule has 8 heteroatoms. The van der Waals surface area contributed by atoms with Crippen LogP contribution in [0.2, 0.25) is 5.02 Å². The fourth-order valence-electron chi connectivity index (χ4n) is 3.46. The maximum Gasteiger partial charge on any atom is 0.230 e. The Morgan fingerprint density at radius 3 is 2.57 bits per heavy atom. The second-order valence-electron chi connectivity index (χ2n) is 7.10. The number of rotatable bonds is 5. The number of aromatic nitrogens is 2. The molecule has 0 aliphatic carbocycles. The third kappa shape index (κ3) is 4.39. The molecule has 2 heterocycles. The molecule has 0 bridgehead atoms. The summed E-state index contributed by atoms with van der Waals surface area (Å²) in [6, 6.07) is 9.96. The summed E-state index contributed by atoms with van der Waals surface area (Å²) in [5, 5.41) is 3.41. The van der Waals surface area contributed by atoms with E-state index < -0.39 is 0 Å². The van der Waals surface area contributed by atoms with Gasteiger partial charge < -0.3 is 0 Å². The molecule has 0 saturated heterocycles. The summed E-state index contributed by atoms with van der Waals surface area (Å²) in [7, 11) is 0. The van der Waals surface area contributed by atoms with Gasteiger partial charge >= 0.3 is 0 Å². The lowest BCUT2D eigenvalue weighted by atomic mass is 10.0. The van der Waals surface area contributed by atoms with Gasteiger partial charge in [0, 0.05) is 23.1 Å². The van der Waals surface area contributed by atoms with Crippen molar-refractivity contribution in [2.24, 2.45) is 0 Å². The lowest BCUT2D eigenvalue weighted by Crippen LogP contribution is -2.24. The van der Waals surface area contributed by atoms with Gasteiger partial charge in [0.25, 0.3) is 0 Å². The van der Waals surface area contributed by atoms with Crippen LogP contribution in [-0.4, -0.2) is 15.9 Å². The summed E-state index contributed by atoms with van der Waals surface area (Å²) in [5.41, 5.74) is 6.10. The van der Waals surface area contributed by atoms with Crippen LogP contribution in [0.25, 0.3) is 10.2 Å². The summed E-state index contributed by atoms with van der Waals surface area (Å²) >= 11 is 10.8. The van der Waals surface area contributed by atoms with Gasteiger partial charge in [-0.2, -0.15) is 0 Å². The molecule has 0 fully saturated rings. The zero-order chi connectivity index (χ0) is 21.4. The fourth-order valence-corrected chi connectivity index (χ4v) is 6.54. The van der Waals surface area contributed by atoms with E-state index in [9.17, 15) is 4.79 Å². The number of thiazole rings is 2. The summed E-state index contributed by atoms with van der Waals surface area (Å²) in [4.78, 5) is 23.6. The number of nitrogens with zero attached hydrogens (tertiary/aromatic N) is 3. The first-order valence-corrected chi connectivity index (χ1v) is 12.4. The van der Waals surface area contributed by atoms with Crippen LogP contribution in [0.3, 0.4) is 0 Å². The number of hydrogen-bond donors (Lipinski definition) is 0. The third-order valence-corrected chi connectivity index (χ3v) is 7.90. The molecule has 4 aromatic rings.